The van der Waals surface area contributed by atoms with E-state index in [1.807, 2.05) is 38.2 Å². The Morgan fingerprint density at radius 1 is 1.14 bits per heavy atom. The third kappa shape index (κ3) is 3.18. The molecule has 2 aromatic rings. The summed E-state index contributed by atoms with van der Waals surface area (Å²) in [5, 5.41) is 0. The normalized spacial score (nSPS) is 25.4. The largest absolute Gasteiger partial charge is 0.299 e. The van der Waals surface area contributed by atoms with Crippen molar-refractivity contribution in [3.63, 3.8) is 0 Å². The highest BCUT2D eigenvalue weighted by Crippen LogP contribution is 2.64. The molecule has 1 aromatic carbocycles. The fourth-order valence-corrected chi connectivity index (χ4v) is 7.31. The minimum Gasteiger partial charge on any atom is -0.299 e. The topological polar surface area (TPSA) is 76.1 Å². The van der Waals surface area contributed by atoms with Gasteiger partial charge in [0.15, 0.2) is 0 Å². The number of benzene rings is 1. The van der Waals surface area contributed by atoms with Crippen LogP contribution in [0, 0.1) is 30.6 Å². The summed E-state index contributed by atoms with van der Waals surface area (Å²) in [7, 11) is -3.65. The molecule has 2 bridgehead atoms. The van der Waals surface area contributed by atoms with Crippen molar-refractivity contribution in [2.75, 3.05) is 10.5 Å². The SMILES string of the molecule is Cc1cc(NS(=O)(=O)C[C@]23CCC(CC2=O)C3(C)C)ccc1-c1cnccc1C. The Bertz CT molecular complexity index is 1090. The van der Waals surface area contributed by atoms with Crippen LogP contribution in [0.15, 0.2) is 36.7 Å². The summed E-state index contributed by atoms with van der Waals surface area (Å²) < 4.78 is 28.8. The van der Waals surface area contributed by atoms with Crippen molar-refractivity contribution >= 4 is 21.5 Å². The van der Waals surface area contributed by atoms with Gasteiger partial charge in [-0.15, -0.1) is 0 Å². The van der Waals surface area contributed by atoms with Crippen molar-refractivity contribution in [1.29, 1.82) is 0 Å². The van der Waals surface area contributed by atoms with Crippen LogP contribution in [0.5, 0.6) is 0 Å². The zero-order valence-corrected chi connectivity index (χ0v) is 18.3. The number of carbonyl (C=O) groups excluding carboxylic acids is 1. The lowest BCUT2D eigenvalue weighted by Gasteiger charge is -2.36. The number of fused-ring (bicyclic) bond motifs is 2. The van der Waals surface area contributed by atoms with E-state index in [2.05, 4.69) is 23.6 Å². The summed E-state index contributed by atoms with van der Waals surface area (Å²) in [4.78, 5) is 16.9. The molecule has 4 rings (SSSR count). The Hall–Kier alpha value is -2.21. The fourth-order valence-electron chi connectivity index (χ4n) is 5.42. The molecule has 1 unspecified atom stereocenters. The highest BCUT2D eigenvalue weighted by molar-refractivity contribution is 7.92. The fraction of sp³-hybridized carbons (Fsp3) is 0.478. The lowest BCUT2D eigenvalue weighted by molar-refractivity contribution is -0.128. The monoisotopic (exact) mass is 412 g/mol. The molecule has 2 aliphatic rings. The second-order valence-electron chi connectivity index (χ2n) is 9.25. The molecule has 2 aliphatic carbocycles. The van der Waals surface area contributed by atoms with Gasteiger partial charge in [-0.2, -0.15) is 0 Å². The predicted octanol–water partition coefficient (Wildman–Crippen LogP) is 4.50. The Morgan fingerprint density at radius 3 is 2.48 bits per heavy atom. The summed E-state index contributed by atoms with van der Waals surface area (Å²) in [6, 6.07) is 7.50. The second kappa shape index (κ2) is 6.66. The highest BCUT2D eigenvalue weighted by Gasteiger charge is 2.65. The van der Waals surface area contributed by atoms with Crippen LogP contribution >= 0.6 is 0 Å². The first-order chi connectivity index (χ1) is 13.6. The van der Waals surface area contributed by atoms with Crippen LogP contribution < -0.4 is 4.72 Å². The van der Waals surface area contributed by atoms with E-state index >= 15 is 0 Å². The van der Waals surface area contributed by atoms with Crippen molar-refractivity contribution in [1.82, 2.24) is 4.98 Å². The summed E-state index contributed by atoms with van der Waals surface area (Å²) in [5.74, 6) is 0.280. The summed E-state index contributed by atoms with van der Waals surface area (Å²) >= 11 is 0. The molecule has 0 saturated heterocycles. The Labute approximate surface area is 173 Å². The molecule has 2 saturated carbocycles. The van der Waals surface area contributed by atoms with Crippen LogP contribution in [-0.4, -0.2) is 24.9 Å². The number of Topliss-reactive ketones (excluding diaryl/α,β-unsaturated/α-hetero) is 1. The van der Waals surface area contributed by atoms with Gasteiger partial charge in [0.2, 0.25) is 10.0 Å². The molecule has 6 heteroatoms. The standard InChI is InChI=1S/C23H28N2O3S/c1-15-8-10-24-13-20(15)19-6-5-18(11-16(19)2)25-29(27,28)14-23-9-7-17(12-21(23)26)22(23,3)4/h5-6,8,10-11,13,17,25H,7,9,12,14H2,1-4H3/t17?,23-/m1/s1. The second-order valence-corrected chi connectivity index (χ2v) is 11.0. The maximum absolute atomic E-state index is 13.0. The van der Waals surface area contributed by atoms with Gasteiger partial charge in [-0.25, -0.2) is 8.42 Å². The number of rotatable bonds is 5. The quantitative estimate of drug-likeness (QED) is 0.784. The van der Waals surface area contributed by atoms with Crippen molar-refractivity contribution in [3.8, 4) is 11.1 Å². The minimum absolute atomic E-state index is 0.114. The number of pyridine rings is 1. The van der Waals surface area contributed by atoms with E-state index in [-0.39, 0.29) is 17.0 Å². The molecule has 0 radical (unpaired) electrons. The maximum atomic E-state index is 13.0. The number of nitrogens with zero attached hydrogens (tertiary/aromatic N) is 1. The predicted molar refractivity (Wildman–Crippen MR) is 115 cm³/mol. The van der Waals surface area contributed by atoms with Crippen LogP contribution in [0.1, 0.15) is 44.2 Å². The van der Waals surface area contributed by atoms with Crippen LogP contribution in [0.25, 0.3) is 11.1 Å². The van der Waals surface area contributed by atoms with Crippen LogP contribution in [0.2, 0.25) is 0 Å². The molecule has 2 atom stereocenters. The van der Waals surface area contributed by atoms with Crippen molar-refractivity contribution in [3.05, 3.63) is 47.8 Å². The van der Waals surface area contributed by atoms with Crippen LogP contribution in [0.3, 0.4) is 0 Å². The van der Waals surface area contributed by atoms with Crippen molar-refractivity contribution in [2.45, 2.75) is 47.0 Å². The van der Waals surface area contributed by atoms with Gasteiger partial charge in [0.25, 0.3) is 0 Å². The van der Waals surface area contributed by atoms with E-state index in [0.29, 0.717) is 24.4 Å². The number of carbonyl (C=O) groups is 1. The molecule has 1 N–H and O–H groups in total. The molecule has 154 valence electrons. The van der Waals surface area contributed by atoms with Gasteiger partial charge in [0.1, 0.15) is 5.78 Å². The van der Waals surface area contributed by atoms with Crippen LogP contribution in [-0.2, 0) is 14.8 Å². The average Bonchev–Trinajstić information content (AvgIpc) is 2.96. The molecule has 29 heavy (non-hydrogen) atoms. The molecule has 0 spiro atoms. The molecule has 1 heterocycles. The summed E-state index contributed by atoms with van der Waals surface area (Å²) in [6.07, 6.45) is 5.70. The number of ketones is 1. The number of hydrogen-bond donors (Lipinski definition) is 1. The smallest absolute Gasteiger partial charge is 0.233 e. The number of aromatic nitrogens is 1. The number of anilines is 1. The first kappa shape index (κ1) is 20.1. The lowest BCUT2D eigenvalue weighted by Crippen LogP contribution is -2.43. The summed E-state index contributed by atoms with van der Waals surface area (Å²) in [6.45, 7) is 8.10. The zero-order valence-electron chi connectivity index (χ0n) is 17.5. The Balaban J connectivity index is 1.59. The van der Waals surface area contributed by atoms with Gasteiger partial charge in [0.05, 0.1) is 11.2 Å². The van der Waals surface area contributed by atoms with E-state index in [4.69, 9.17) is 0 Å². The number of nitrogens with one attached hydrogen (secondary N) is 1. The molecular weight excluding hydrogens is 384 g/mol. The van der Waals surface area contributed by atoms with Gasteiger partial charge < -0.3 is 0 Å². The third-order valence-corrected chi connectivity index (χ3v) is 8.82. The molecule has 2 fully saturated rings. The maximum Gasteiger partial charge on any atom is 0.233 e. The van der Waals surface area contributed by atoms with Crippen LogP contribution in [0.4, 0.5) is 5.69 Å². The molecule has 5 nitrogen and oxygen atoms in total. The Morgan fingerprint density at radius 2 is 1.90 bits per heavy atom. The minimum atomic E-state index is -3.65. The first-order valence-electron chi connectivity index (χ1n) is 10.1. The molecule has 0 amide bonds. The van der Waals surface area contributed by atoms with E-state index in [0.717, 1.165) is 28.7 Å². The van der Waals surface area contributed by atoms with Gasteiger partial charge >= 0.3 is 0 Å². The zero-order chi connectivity index (χ0) is 21.0. The van der Waals surface area contributed by atoms with Crippen molar-refractivity contribution in [2.24, 2.45) is 16.7 Å². The molecular formula is C23H28N2O3S. The lowest BCUT2D eigenvalue weighted by atomic mass is 9.70. The number of hydrogen-bond acceptors (Lipinski definition) is 4. The van der Waals surface area contributed by atoms with Gasteiger partial charge in [-0.3, -0.25) is 14.5 Å². The molecule has 0 aliphatic heterocycles. The summed E-state index contributed by atoms with van der Waals surface area (Å²) in [5.41, 5.74) is 3.66. The van der Waals surface area contributed by atoms with Gasteiger partial charge in [-0.05, 0) is 72.9 Å². The van der Waals surface area contributed by atoms with E-state index in [1.165, 1.54) is 0 Å². The van der Waals surface area contributed by atoms with Gasteiger partial charge in [0, 0.05) is 30.1 Å². The van der Waals surface area contributed by atoms with Crippen molar-refractivity contribution < 1.29 is 13.2 Å². The van der Waals surface area contributed by atoms with E-state index in [1.54, 1.807) is 12.3 Å². The number of sulfonamides is 1. The Kier molecular flexibility index (Phi) is 4.61. The third-order valence-electron chi connectivity index (χ3n) is 7.40. The highest BCUT2D eigenvalue weighted by atomic mass is 32.2. The number of aryl methyl sites for hydroxylation is 2. The molecule has 1 aromatic heterocycles. The van der Waals surface area contributed by atoms with E-state index < -0.39 is 15.4 Å². The van der Waals surface area contributed by atoms with Gasteiger partial charge in [-0.1, -0.05) is 19.9 Å². The average molecular weight is 413 g/mol. The van der Waals surface area contributed by atoms with E-state index in [9.17, 15) is 13.2 Å². The first-order valence-corrected chi connectivity index (χ1v) is 11.8.